The number of pyridine rings is 2. The second-order valence-electron chi connectivity index (χ2n) is 6.45. The number of nitrogens with zero attached hydrogens (tertiary/aromatic N) is 4. The zero-order chi connectivity index (χ0) is 17.3. The van der Waals surface area contributed by atoms with Crippen LogP contribution in [0.2, 0.25) is 0 Å². The number of aliphatic hydroxyl groups is 1. The summed E-state index contributed by atoms with van der Waals surface area (Å²) in [6.07, 6.45) is 4.74. The van der Waals surface area contributed by atoms with Crippen molar-refractivity contribution in [2.24, 2.45) is 0 Å². The third kappa shape index (κ3) is 3.10. The Morgan fingerprint density at radius 3 is 2.92 bits per heavy atom. The Balaban J connectivity index is 1.86. The van der Waals surface area contributed by atoms with Crippen molar-refractivity contribution in [3.05, 3.63) is 30.4 Å². The first-order valence-electron chi connectivity index (χ1n) is 8.67. The molecule has 0 saturated carbocycles. The van der Waals surface area contributed by atoms with E-state index in [2.05, 4.69) is 9.97 Å². The largest absolute Gasteiger partial charge is 0.388 e. The summed E-state index contributed by atoms with van der Waals surface area (Å²) in [6, 6.07) is 3.81. The van der Waals surface area contributed by atoms with Crippen LogP contribution in [0, 0.1) is 0 Å². The summed E-state index contributed by atoms with van der Waals surface area (Å²) in [7, 11) is 0. The van der Waals surface area contributed by atoms with E-state index in [1.54, 1.807) is 12.4 Å². The van der Waals surface area contributed by atoms with E-state index < -0.39 is 5.60 Å². The van der Waals surface area contributed by atoms with Crippen molar-refractivity contribution in [1.29, 1.82) is 0 Å². The fraction of sp³-hybridized carbons (Fsp3) is 0.500. The quantitative estimate of drug-likeness (QED) is 0.764. The molecule has 132 valence electrons. The number of ether oxygens (including phenoxy) is 2. The maximum absolute atomic E-state index is 11.0. The molecule has 0 spiro atoms. The standard InChI is InChI=1S/C18H22N4O3/c1-2-24-11-15-21-14-10-20-13-4-3-7-19-16(13)17(14)22(15)12-18(23)5-8-25-9-6-18/h3-4,7,10,23H,2,5-6,8-9,11-12H2,1H3. The average Bonchev–Trinajstić information content (AvgIpc) is 2.98. The summed E-state index contributed by atoms with van der Waals surface area (Å²) in [4.78, 5) is 13.6. The highest BCUT2D eigenvalue weighted by atomic mass is 16.5. The third-order valence-electron chi connectivity index (χ3n) is 4.72. The van der Waals surface area contributed by atoms with E-state index in [4.69, 9.17) is 14.5 Å². The van der Waals surface area contributed by atoms with E-state index in [-0.39, 0.29) is 0 Å². The normalized spacial score (nSPS) is 17.4. The Kier molecular flexibility index (Phi) is 4.37. The molecule has 1 aliphatic rings. The lowest BCUT2D eigenvalue weighted by molar-refractivity contribution is -0.0730. The number of hydrogen-bond acceptors (Lipinski definition) is 6. The highest BCUT2D eigenvalue weighted by Gasteiger charge is 2.32. The van der Waals surface area contributed by atoms with Crippen LogP contribution in [0.25, 0.3) is 22.1 Å². The molecule has 0 atom stereocenters. The summed E-state index contributed by atoms with van der Waals surface area (Å²) >= 11 is 0. The van der Waals surface area contributed by atoms with E-state index >= 15 is 0 Å². The van der Waals surface area contributed by atoms with Gasteiger partial charge >= 0.3 is 0 Å². The number of rotatable bonds is 5. The molecule has 7 nitrogen and oxygen atoms in total. The van der Waals surface area contributed by atoms with Gasteiger partial charge in [0.15, 0.2) is 0 Å². The molecular weight excluding hydrogens is 320 g/mol. The van der Waals surface area contributed by atoms with Gasteiger partial charge in [-0.1, -0.05) is 0 Å². The van der Waals surface area contributed by atoms with Crippen LogP contribution in [0.4, 0.5) is 0 Å². The van der Waals surface area contributed by atoms with Crippen LogP contribution in [0.15, 0.2) is 24.5 Å². The first-order valence-corrected chi connectivity index (χ1v) is 8.67. The highest BCUT2D eigenvalue weighted by Crippen LogP contribution is 2.29. The van der Waals surface area contributed by atoms with Crippen molar-refractivity contribution in [3.8, 4) is 0 Å². The van der Waals surface area contributed by atoms with Crippen LogP contribution in [0.1, 0.15) is 25.6 Å². The molecular formula is C18H22N4O3. The lowest BCUT2D eigenvalue weighted by Gasteiger charge is -2.33. The second kappa shape index (κ2) is 6.67. The number of imidazole rings is 1. The predicted octanol–water partition coefficient (Wildman–Crippen LogP) is 2.06. The summed E-state index contributed by atoms with van der Waals surface area (Å²) < 4.78 is 13.0. The molecule has 4 rings (SSSR count). The molecule has 0 aliphatic carbocycles. The molecule has 0 amide bonds. The fourth-order valence-electron chi connectivity index (χ4n) is 3.35. The van der Waals surface area contributed by atoms with Crippen molar-refractivity contribution in [3.63, 3.8) is 0 Å². The van der Waals surface area contributed by atoms with Gasteiger partial charge in [-0.25, -0.2) is 4.98 Å². The Morgan fingerprint density at radius 2 is 2.12 bits per heavy atom. The maximum atomic E-state index is 11.0. The van der Waals surface area contributed by atoms with Crippen molar-refractivity contribution < 1.29 is 14.6 Å². The number of hydrogen-bond donors (Lipinski definition) is 1. The van der Waals surface area contributed by atoms with E-state index in [9.17, 15) is 5.11 Å². The molecule has 3 aromatic rings. The first-order chi connectivity index (χ1) is 12.2. The molecule has 0 unspecified atom stereocenters. The summed E-state index contributed by atoms with van der Waals surface area (Å²) in [5, 5.41) is 11.0. The van der Waals surface area contributed by atoms with Gasteiger partial charge in [0.25, 0.3) is 0 Å². The van der Waals surface area contributed by atoms with Gasteiger partial charge in [-0.3, -0.25) is 9.97 Å². The molecule has 0 radical (unpaired) electrons. The topological polar surface area (TPSA) is 82.3 Å². The smallest absolute Gasteiger partial charge is 0.136 e. The monoisotopic (exact) mass is 342 g/mol. The fourth-order valence-corrected chi connectivity index (χ4v) is 3.35. The minimum atomic E-state index is -0.808. The van der Waals surface area contributed by atoms with E-state index in [1.807, 2.05) is 23.6 Å². The molecule has 1 saturated heterocycles. The van der Waals surface area contributed by atoms with Crippen LogP contribution in [-0.4, -0.2) is 50.0 Å². The predicted molar refractivity (Wildman–Crippen MR) is 93.2 cm³/mol. The van der Waals surface area contributed by atoms with Gasteiger partial charge in [0.05, 0.1) is 29.4 Å². The van der Waals surface area contributed by atoms with Crippen molar-refractivity contribution in [2.75, 3.05) is 19.8 Å². The van der Waals surface area contributed by atoms with Crippen LogP contribution in [-0.2, 0) is 22.6 Å². The molecule has 1 fully saturated rings. The lowest BCUT2D eigenvalue weighted by atomic mass is 9.94. The van der Waals surface area contributed by atoms with E-state index in [0.717, 1.165) is 27.9 Å². The van der Waals surface area contributed by atoms with Gasteiger partial charge in [-0.15, -0.1) is 0 Å². The average molecular weight is 342 g/mol. The molecule has 0 bridgehead atoms. The van der Waals surface area contributed by atoms with Crippen LogP contribution in [0.5, 0.6) is 0 Å². The Labute approximate surface area is 145 Å². The SMILES string of the molecule is CCOCc1nc2cnc3cccnc3c2n1CC1(O)CCOCC1. The number of fused-ring (bicyclic) bond motifs is 3. The molecule has 0 aromatic carbocycles. The lowest BCUT2D eigenvalue weighted by Crippen LogP contribution is -2.40. The van der Waals surface area contributed by atoms with Crippen molar-refractivity contribution in [2.45, 2.75) is 38.5 Å². The Bertz CT molecular complexity index is 887. The van der Waals surface area contributed by atoms with Gasteiger partial charge in [-0.05, 0) is 19.1 Å². The van der Waals surface area contributed by atoms with Gasteiger partial charge < -0.3 is 19.1 Å². The summed E-state index contributed by atoms with van der Waals surface area (Å²) in [6.45, 7) is 4.56. The van der Waals surface area contributed by atoms with Crippen molar-refractivity contribution >= 4 is 22.1 Å². The van der Waals surface area contributed by atoms with Crippen molar-refractivity contribution in [1.82, 2.24) is 19.5 Å². The molecule has 7 heteroatoms. The van der Waals surface area contributed by atoms with E-state index in [1.165, 1.54) is 0 Å². The first kappa shape index (κ1) is 16.4. The summed E-state index contributed by atoms with van der Waals surface area (Å²) in [5.41, 5.74) is 2.48. The Morgan fingerprint density at radius 1 is 1.28 bits per heavy atom. The van der Waals surface area contributed by atoms with Gasteiger partial charge in [-0.2, -0.15) is 0 Å². The molecule has 25 heavy (non-hydrogen) atoms. The molecule has 1 N–H and O–H groups in total. The second-order valence-corrected chi connectivity index (χ2v) is 6.45. The zero-order valence-corrected chi connectivity index (χ0v) is 14.3. The summed E-state index contributed by atoms with van der Waals surface area (Å²) in [5.74, 6) is 0.789. The third-order valence-corrected chi connectivity index (χ3v) is 4.72. The van der Waals surface area contributed by atoms with Crippen LogP contribution < -0.4 is 0 Å². The highest BCUT2D eigenvalue weighted by molar-refractivity contribution is 5.99. The van der Waals surface area contributed by atoms with Gasteiger partial charge in [0.2, 0.25) is 0 Å². The van der Waals surface area contributed by atoms with Gasteiger partial charge in [0.1, 0.15) is 23.5 Å². The maximum Gasteiger partial charge on any atom is 0.136 e. The number of aromatic nitrogens is 4. The van der Waals surface area contributed by atoms with Crippen LogP contribution >= 0.6 is 0 Å². The minimum Gasteiger partial charge on any atom is -0.388 e. The molecule has 3 aromatic heterocycles. The molecule has 1 aliphatic heterocycles. The van der Waals surface area contributed by atoms with Crippen LogP contribution in [0.3, 0.4) is 0 Å². The zero-order valence-electron chi connectivity index (χ0n) is 14.3. The van der Waals surface area contributed by atoms with Gasteiger partial charge in [0, 0.05) is 38.9 Å². The Hall–Kier alpha value is -2.09. The molecule has 4 heterocycles. The minimum absolute atomic E-state index is 0.395. The van der Waals surface area contributed by atoms with E-state index in [0.29, 0.717) is 45.8 Å².